The van der Waals surface area contributed by atoms with Crippen molar-refractivity contribution in [2.75, 3.05) is 6.61 Å². The molecule has 1 aliphatic rings. The van der Waals surface area contributed by atoms with Gasteiger partial charge in [0.15, 0.2) is 6.29 Å². The number of hydrogen-bond donors (Lipinski definition) is 1. The van der Waals surface area contributed by atoms with Crippen LogP contribution in [0.5, 0.6) is 0 Å². The highest BCUT2D eigenvalue weighted by Crippen LogP contribution is 2.30. The van der Waals surface area contributed by atoms with Crippen molar-refractivity contribution in [3.05, 3.63) is 0 Å². The molecule has 0 aliphatic carbocycles. The van der Waals surface area contributed by atoms with Gasteiger partial charge in [-0.25, -0.2) is 0 Å². The molecule has 0 aromatic carbocycles. The third-order valence-electron chi connectivity index (χ3n) is 3.49. The van der Waals surface area contributed by atoms with E-state index in [1.165, 1.54) is 0 Å². The molecule has 1 fully saturated rings. The summed E-state index contributed by atoms with van der Waals surface area (Å²) in [5, 5.41) is 10.5. The summed E-state index contributed by atoms with van der Waals surface area (Å²) in [4.78, 5) is 0. The van der Waals surface area contributed by atoms with Gasteiger partial charge >= 0.3 is 0 Å². The van der Waals surface area contributed by atoms with Crippen LogP contribution in [0, 0.1) is 0 Å². The summed E-state index contributed by atoms with van der Waals surface area (Å²) in [7, 11) is 0. The van der Waals surface area contributed by atoms with Crippen LogP contribution in [0.2, 0.25) is 0 Å². The van der Waals surface area contributed by atoms with Crippen molar-refractivity contribution in [3.63, 3.8) is 0 Å². The first-order chi connectivity index (χ1) is 11.1. The predicted molar refractivity (Wildman–Crippen MR) is 92.0 cm³/mol. The molecular weight excluding hydrogens is 312 g/mol. The predicted octanol–water partition coefficient (Wildman–Crippen LogP) is 2.51. The van der Waals surface area contributed by atoms with Gasteiger partial charge in [-0.3, -0.25) is 0 Å². The fourth-order valence-electron chi connectivity index (χ4n) is 2.72. The van der Waals surface area contributed by atoms with Crippen LogP contribution < -0.4 is 0 Å². The second-order valence-corrected chi connectivity index (χ2v) is 7.40. The Hall–Kier alpha value is -0.240. The molecule has 0 bridgehead atoms. The van der Waals surface area contributed by atoms with Gasteiger partial charge in [0.25, 0.3) is 0 Å². The molecule has 1 N–H and O–H groups in total. The Bertz CT molecular complexity index is 344. The molecule has 0 spiro atoms. The molecule has 0 amide bonds. The third-order valence-corrected chi connectivity index (χ3v) is 3.49. The highest BCUT2D eigenvalue weighted by atomic mass is 16.7. The topological polar surface area (TPSA) is 66.4 Å². The van der Waals surface area contributed by atoms with E-state index in [-0.39, 0.29) is 30.5 Å². The van der Waals surface area contributed by atoms with E-state index in [1.807, 2.05) is 55.4 Å². The normalized spacial score (nSPS) is 31.6. The van der Waals surface area contributed by atoms with Crippen molar-refractivity contribution in [2.24, 2.45) is 0 Å². The fourth-order valence-corrected chi connectivity index (χ4v) is 2.72. The number of ether oxygens (including phenoxy) is 5. The van der Waals surface area contributed by atoms with E-state index in [0.29, 0.717) is 6.61 Å². The summed E-state index contributed by atoms with van der Waals surface area (Å²) in [5.41, 5.74) is 0. The van der Waals surface area contributed by atoms with Crippen LogP contribution in [-0.4, -0.2) is 66.8 Å². The van der Waals surface area contributed by atoms with Gasteiger partial charge in [-0.05, 0) is 55.4 Å². The maximum Gasteiger partial charge on any atom is 0.184 e. The second-order valence-electron chi connectivity index (χ2n) is 7.40. The van der Waals surface area contributed by atoms with E-state index in [1.54, 1.807) is 0 Å². The zero-order chi connectivity index (χ0) is 18.4. The maximum atomic E-state index is 10.5. The standard InChI is InChI=1S/C18H36O6/c1-10(2)20-9-14-15(21-11(3)4)16(22-12(5)6)17(18(19)24-14)23-13(7)8/h10-19H,9H2,1-8H3/t14-,15-,16+,17-,18+/m1/s1. The number of hydrogen-bond acceptors (Lipinski definition) is 6. The van der Waals surface area contributed by atoms with Crippen molar-refractivity contribution in [1.82, 2.24) is 0 Å². The zero-order valence-electron chi connectivity index (χ0n) is 16.4. The SMILES string of the molecule is CC(C)OC[C@H]1O[C@H](O)[C@H](OC(C)C)[C@@H](OC(C)C)[C@@H]1OC(C)C. The van der Waals surface area contributed by atoms with Crippen LogP contribution in [0.1, 0.15) is 55.4 Å². The van der Waals surface area contributed by atoms with Gasteiger partial charge in [-0.1, -0.05) is 0 Å². The smallest absolute Gasteiger partial charge is 0.184 e. The second kappa shape index (κ2) is 10.0. The van der Waals surface area contributed by atoms with Gasteiger partial charge in [0, 0.05) is 0 Å². The Kier molecular flexibility index (Phi) is 9.12. The molecule has 1 rings (SSSR count). The highest BCUT2D eigenvalue weighted by Gasteiger charge is 2.48. The summed E-state index contributed by atoms with van der Waals surface area (Å²) in [6.07, 6.45) is -2.93. The van der Waals surface area contributed by atoms with E-state index < -0.39 is 24.6 Å². The van der Waals surface area contributed by atoms with Crippen LogP contribution in [0.4, 0.5) is 0 Å². The molecule has 6 heteroatoms. The first kappa shape index (κ1) is 21.8. The lowest BCUT2D eigenvalue weighted by atomic mass is 9.97. The summed E-state index contributed by atoms with van der Waals surface area (Å²) >= 11 is 0. The Morgan fingerprint density at radius 3 is 1.62 bits per heavy atom. The Morgan fingerprint density at radius 2 is 1.17 bits per heavy atom. The molecule has 1 heterocycles. The van der Waals surface area contributed by atoms with E-state index in [0.717, 1.165) is 0 Å². The average molecular weight is 348 g/mol. The Balaban J connectivity index is 3.02. The van der Waals surface area contributed by atoms with E-state index in [9.17, 15) is 5.11 Å². The zero-order valence-corrected chi connectivity index (χ0v) is 16.4. The minimum atomic E-state index is -1.08. The lowest BCUT2D eigenvalue weighted by Crippen LogP contribution is -2.62. The summed E-state index contributed by atoms with van der Waals surface area (Å²) in [5.74, 6) is 0. The average Bonchev–Trinajstić information content (AvgIpc) is 2.42. The van der Waals surface area contributed by atoms with Crippen LogP contribution in [0.3, 0.4) is 0 Å². The minimum Gasteiger partial charge on any atom is -0.376 e. The molecule has 1 saturated heterocycles. The van der Waals surface area contributed by atoms with Gasteiger partial charge in [0.1, 0.15) is 24.4 Å². The Morgan fingerprint density at radius 1 is 0.708 bits per heavy atom. The van der Waals surface area contributed by atoms with Crippen molar-refractivity contribution >= 4 is 0 Å². The van der Waals surface area contributed by atoms with Crippen molar-refractivity contribution in [1.29, 1.82) is 0 Å². The largest absolute Gasteiger partial charge is 0.376 e. The number of rotatable bonds is 9. The van der Waals surface area contributed by atoms with Crippen LogP contribution in [-0.2, 0) is 23.7 Å². The molecule has 5 atom stereocenters. The van der Waals surface area contributed by atoms with Gasteiger partial charge in [-0.15, -0.1) is 0 Å². The van der Waals surface area contributed by atoms with Gasteiger partial charge in [0.05, 0.1) is 31.0 Å². The van der Waals surface area contributed by atoms with Gasteiger partial charge < -0.3 is 28.8 Å². The van der Waals surface area contributed by atoms with Gasteiger partial charge in [0.2, 0.25) is 0 Å². The van der Waals surface area contributed by atoms with E-state index in [2.05, 4.69) is 0 Å². The van der Waals surface area contributed by atoms with E-state index >= 15 is 0 Å². The van der Waals surface area contributed by atoms with Crippen molar-refractivity contribution in [3.8, 4) is 0 Å². The molecule has 0 saturated carbocycles. The van der Waals surface area contributed by atoms with Crippen molar-refractivity contribution in [2.45, 2.75) is 111 Å². The van der Waals surface area contributed by atoms with E-state index in [4.69, 9.17) is 23.7 Å². The highest BCUT2D eigenvalue weighted by molar-refractivity contribution is 4.93. The maximum absolute atomic E-state index is 10.5. The lowest BCUT2D eigenvalue weighted by Gasteiger charge is -2.46. The molecule has 0 aromatic heterocycles. The summed E-state index contributed by atoms with van der Waals surface area (Å²) in [6, 6.07) is 0. The molecule has 24 heavy (non-hydrogen) atoms. The first-order valence-electron chi connectivity index (χ1n) is 9.03. The van der Waals surface area contributed by atoms with Crippen molar-refractivity contribution < 1.29 is 28.8 Å². The van der Waals surface area contributed by atoms with Crippen LogP contribution in [0.25, 0.3) is 0 Å². The molecule has 1 aliphatic heterocycles. The van der Waals surface area contributed by atoms with Gasteiger partial charge in [-0.2, -0.15) is 0 Å². The number of aliphatic hydroxyl groups is 1. The molecule has 0 unspecified atom stereocenters. The first-order valence-corrected chi connectivity index (χ1v) is 9.03. The monoisotopic (exact) mass is 348 g/mol. The van der Waals surface area contributed by atoms with Crippen LogP contribution in [0.15, 0.2) is 0 Å². The van der Waals surface area contributed by atoms with Crippen LogP contribution >= 0.6 is 0 Å². The Labute approximate surface area is 146 Å². The summed E-state index contributed by atoms with van der Waals surface area (Å²) < 4.78 is 29.5. The molecule has 0 radical (unpaired) electrons. The lowest BCUT2D eigenvalue weighted by molar-refractivity contribution is -0.324. The molecule has 6 nitrogen and oxygen atoms in total. The fraction of sp³-hybridized carbons (Fsp3) is 1.00. The number of aliphatic hydroxyl groups excluding tert-OH is 1. The third kappa shape index (κ3) is 6.94. The molecule has 144 valence electrons. The quantitative estimate of drug-likeness (QED) is 0.691. The minimum absolute atomic E-state index is 0.00615. The molecular formula is C18H36O6. The summed E-state index contributed by atoms with van der Waals surface area (Å²) in [6.45, 7) is 16.0. The molecule has 0 aromatic rings.